The maximum Gasteiger partial charge on any atom is 0.291 e. The van der Waals surface area contributed by atoms with Crippen molar-refractivity contribution in [3.05, 3.63) is 83.3 Å². The normalized spacial score (nSPS) is 10.4. The molecule has 0 fully saturated rings. The fourth-order valence-electron chi connectivity index (χ4n) is 2.78. The maximum atomic E-state index is 12.8. The van der Waals surface area contributed by atoms with Gasteiger partial charge in [0, 0.05) is 24.8 Å². The average molecular weight is 378 g/mol. The summed E-state index contributed by atoms with van der Waals surface area (Å²) in [4.78, 5) is 26.7. The number of hydrogen-bond acceptors (Lipinski definition) is 4. The van der Waals surface area contributed by atoms with E-state index in [4.69, 9.17) is 9.15 Å². The van der Waals surface area contributed by atoms with Crippen molar-refractivity contribution in [3.63, 3.8) is 0 Å². The predicted molar refractivity (Wildman–Crippen MR) is 107 cm³/mol. The van der Waals surface area contributed by atoms with Gasteiger partial charge in [-0.05, 0) is 54.4 Å². The number of nitrogens with one attached hydrogen (secondary N) is 1. The molecule has 1 N–H and O–H groups in total. The van der Waals surface area contributed by atoms with Gasteiger partial charge in [0.15, 0.2) is 5.76 Å². The number of ether oxygens (including phenoxy) is 1. The molecule has 1 heterocycles. The van der Waals surface area contributed by atoms with E-state index in [2.05, 4.69) is 5.32 Å². The maximum absolute atomic E-state index is 12.8. The highest BCUT2D eigenvalue weighted by Gasteiger charge is 2.16. The van der Waals surface area contributed by atoms with E-state index >= 15 is 0 Å². The number of methoxy groups -OCH3 is 1. The summed E-state index contributed by atoms with van der Waals surface area (Å²) in [5, 5.41) is 2.79. The Hall–Kier alpha value is -3.54. The van der Waals surface area contributed by atoms with Gasteiger partial charge in [-0.2, -0.15) is 0 Å². The van der Waals surface area contributed by atoms with Crippen LogP contribution in [0, 0.1) is 6.92 Å². The van der Waals surface area contributed by atoms with Crippen LogP contribution in [-0.2, 0) is 6.54 Å². The highest BCUT2D eigenvalue weighted by atomic mass is 16.5. The van der Waals surface area contributed by atoms with Crippen LogP contribution in [0.25, 0.3) is 0 Å². The first-order valence-electron chi connectivity index (χ1n) is 8.82. The minimum atomic E-state index is -0.357. The molecule has 2 amide bonds. The van der Waals surface area contributed by atoms with Crippen LogP contribution in [-0.4, -0.2) is 30.9 Å². The molecule has 3 rings (SSSR count). The summed E-state index contributed by atoms with van der Waals surface area (Å²) in [6, 6.07) is 16.1. The fraction of sp³-hybridized carbons (Fsp3) is 0.182. The molecule has 28 heavy (non-hydrogen) atoms. The van der Waals surface area contributed by atoms with Gasteiger partial charge in [-0.15, -0.1) is 0 Å². The third-order valence-corrected chi connectivity index (χ3v) is 4.40. The van der Waals surface area contributed by atoms with Crippen molar-refractivity contribution in [1.82, 2.24) is 4.90 Å². The number of rotatable bonds is 6. The van der Waals surface area contributed by atoms with E-state index in [-0.39, 0.29) is 17.6 Å². The zero-order valence-corrected chi connectivity index (χ0v) is 16.1. The van der Waals surface area contributed by atoms with Gasteiger partial charge in [0.2, 0.25) is 0 Å². The zero-order valence-electron chi connectivity index (χ0n) is 16.1. The topological polar surface area (TPSA) is 71.8 Å². The number of anilines is 1. The van der Waals surface area contributed by atoms with E-state index in [9.17, 15) is 9.59 Å². The van der Waals surface area contributed by atoms with E-state index < -0.39 is 0 Å². The van der Waals surface area contributed by atoms with Gasteiger partial charge in [0.25, 0.3) is 11.8 Å². The molecule has 0 aliphatic rings. The van der Waals surface area contributed by atoms with Crippen molar-refractivity contribution in [2.75, 3.05) is 19.5 Å². The molecule has 0 atom stereocenters. The molecule has 0 unspecified atom stereocenters. The number of benzene rings is 2. The highest BCUT2D eigenvalue weighted by molar-refractivity contribution is 6.03. The largest absolute Gasteiger partial charge is 0.497 e. The second-order valence-corrected chi connectivity index (χ2v) is 6.47. The molecule has 0 spiro atoms. The second-order valence-electron chi connectivity index (χ2n) is 6.47. The number of carbonyl (C=O) groups excluding carboxylic acids is 2. The molecular weight excluding hydrogens is 356 g/mol. The zero-order chi connectivity index (χ0) is 20.1. The average Bonchev–Trinajstić information content (AvgIpc) is 3.24. The Morgan fingerprint density at radius 2 is 1.86 bits per heavy atom. The smallest absolute Gasteiger partial charge is 0.291 e. The quantitative estimate of drug-likeness (QED) is 0.700. The minimum Gasteiger partial charge on any atom is -0.497 e. The van der Waals surface area contributed by atoms with E-state index in [0.717, 1.165) is 16.9 Å². The molecule has 0 saturated carbocycles. The number of amides is 2. The van der Waals surface area contributed by atoms with E-state index in [1.165, 1.54) is 6.26 Å². The van der Waals surface area contributed by atoms with Crippen molar-refractivity contribution >= 4 is 17.5 Å². The molecule has 0 saturated heterocycles. The Morgan fingerprint density at radius 3 is 2.50 bits per heavy atom. The van der Waals surface area contributed by atoms with Crippen LogP contribution in [0.1, 0.15) is 32.0 Å². The summed E-state index contributed by atoms with van der Waals surface area (Å²) in [6.07, 6.45) is 1.44. The first-order valence-corrected chi connectivity index (χ1v) is 8.82. The summed E-state index contributed by atoms with van der Waals surface area (Å²) >= 11 is 0. The molecule has 6 nitrogen and oxygen atoms in total. The van der Waals surface area contributed by atoms with Gasteiger partial charge in [-0.25, -0.2) is 0 Å². The van der Waals surface area contributed by atoms with Gasteiger partial charge in [-0.3, -0.25) is 9.59 Å². The molecular formula is C22H22N2O4. The molecule has 1 aromatic heterocycles. The van der Waals surface area contributed by atoms with E-state index in [1.54, 1.807) is 43.3 Å². The highest BCUT2D eigenvalue weighted by Crippen LogP contribution is 2.20. The second kappa shape index (κ2) is 8.43. The van der Waals surface area contributed by atoms with Crippen molar-refractivity contribution in [3.8, 4) is 5.75 Å². The number of nitrogens with zero attached hydrogens (tertiary/aromatic N) is 1. The summed E-state index contributed by atoms with van der Waals surface area (Å²) in [6.45, 7) is 2.33. The van der Waals surface area contributed by atoms with Crippen LogP contribution in [0.5, 0.6) is 5.75 Å². The van der Waals surface area contributed by atoms with Gasteiger partial charge < -0.3 is 19.4 Å². The molecule has 6 heteroatoms. The third kappa shape index (κ3) is 4.40. The van der Waals surface area contributed by atoms with Gasteiger partial charge in [0.1, 0.15) is 5.75 Å². The lowest BCUT2D eigenvalue weighted by Crippen LogP contribution is -2.26. The summed E-state index contributed by atoms with van der Waals surface area (Å²) < 4.78 is 10.3. The lowest BCUT2D eigenvalue weighted by atomic mass is 10.1. The minimum absolute atomic E-state index is 0.135. The van der Waals surface area contributed by atoms with E-state index in [0.29, 0.717) is 17.8 Å². The van der Waals surface area contributed by atoms with Crippen molar-refractivity contribution < 1.29 is 18.7 Å². The summed E-state index contributed by atoms with van der Waals surface area (Å²) in [5.41, 5.74) is 2.92. The Kier molecular flexibility index (Phi) is 5.79. The van der Waals surface area contributed by atoms with Crippen LogP contribution in [0.3, 0.4) is 0 Å². The van der Waals surface area contributed by atoms with Crippen LogP contribution in [0.4, 0.5) is 5.69 Å². The monoisotopic (exact) mass is 378 g/mol. The van der Waals surface area contributed by atoms with Crippen LogP contribution in [0.2, 0.25) is 0 Å². The van der Waals surface area contributed by atoms with Gasteiger partial charge >= 0.3 is 0 Å². The molecule has 0 aliphatic heterocycles. The molecule has 144 valence electrons. The molecule has 0 radical (unpaired) electrons. The van der Waals surface area contributed by atoms with Gasteiger partial charge in [-0.1, -0.05) is 18.2 Å². The number of carbonyl (C=O) groups is 2. The van der Waals surface area contributed by atoms with E-state index in [1.807, 2.05) is 37.3 Å². The first-order chi connectivity index (χ1) is 13.5. The molecule has 3 aromatic rings. The Labute approximate surface area is 163 Å². The van der Waals surface area contributed by atoms with Crippen LogP contribution < -0.4 is 10.1 Å². The molecule has 0 aliphatic carbocycles. The first kappa shape index (κ1) is 19.2. The Bertz CT molecular complexity index is 963. The van der Waals surface area contributed by atoms with Crippen molar-refractivity contribution in [2.45, 2.75) is 13.5 Å². The number of aryl methyl sites for hydroxylation is 1. The fourth-order valence-corrected chi connectivity index (χ4v) is 2.78. The van der Waals surface area contributed by atoms with Crippen molar-refractivity contribution in [1.29, 1.82) is 0 Å². The van der Waals surface area contributed by atoms with Crippen molar-refractivity contribution in [2.24, 2.45) is 0 Å². The lowest BCUT2D eigenvalue weighted by molar-refractivity contribution is 0.0784. The Balaban J connectivity index is 1.72. The van der Waals surface area contributed by atoms with Gasteiger partial charge in [0.05, 0.1) is 13.4 Å². The lowest BCUT2D eigenvalue weighted by Gasteiger charge is -2.18. The number of furan rings is 1. The standard InChI is InChI=1S/C22H22N2O4/c1-15-6-9-17(13-19(15)23-21(25)20-5-4-12-28-20)22(26)24(2)14-16-7-10-18(27-3)11-8-16/h4-13H,14H2,1-3H3,(H,23,25). The summed E-state index contributed by atoms with van der Waals surface area (Å²) in [5.74, 6) is 0.495. The van der Waals surface area contributed by atoms with Crippen LogP contribution in [0.15, 0.2) is 65.3 Å². The van der Waals surface area contributed by atoms with Crippen LogP contribution >= 0.6 is 0 Å². The molecule has 2 aromatic carbocycles. The summed E-state index contributed by atoms with van der Waals surface area (Å²) in [7, 11) is 3.36. The Morgan fingerprint density at radius 1 is 1.11 bits per heavy atom. The molecule has 0 bridgehead atoms. The predicted octanol–water partition coefficient (Wildman–Crippen LogP) is 4.12. The SMILES string of the molecule is COc1ccc(CN(C)C(=O)c2ccc(C)c(NC(=O)c3ccco3)c2)cc1. The third-order valence-electron chi connectivity index (χ3n) is 4.40. The number of hydrogen-bond donors (Lipinski definition) is 1.